The molecule has 2 aromatic carbocycles. The molecular formula is C19H14F9NOS2. The highest BCUT2D eigenvalue weighted by molar-refractivity contribution is 7.99. The Balaban J connectivity index is 2.47. The number of halogens is 9. The molecule has 32 heavy (non-hydrogen) atoms. The summed E-state index contributed by atoms with van der Waals surface area (Å²) in [5.41, 5.74) is 0. The van der Waals surface area contributed by atoms with Crippen molar-refractivity contribution in [2.24, 2.45) is 0 Å². The van der Waals surface area contributed by atoms with Gasteiger partial charge in [0.2, 0.25) is 5.82 Å². The molecule has 0 fully saturated rings. The van der Waals surface area contributed by atoms with Gasteiger partial charge in [0.15, 0.2) is 46.5 Å². The zero-order valence-electron chi connectivity index (χ0n) is 16.3. The van der Waals surface area contributed by atoms with Crippen molar-refractivity contribution in [3.63, 3.8) is 0 Å². The number of carbonyl (C=O) groups is 1. The van der Waals surface area contributed by atoms with E-state index >= 15 is 0 Å². The van der Waals surface area contributed by atoms with Crippen LogP contribution in [0.5, 0.6) is 0 Å². The second-order valence-electron chi connectivity index (χ2n) is 6.16. The molecule has 0 aliphatic carbocycles. The molecule has 0 amide bonds. The van der Waals surface area contributed by atoms with Gasteiger partial charge in [-0.05, 0) is 6.54 Å². The summed E-state index contributed by atoms with van der Waals surface area (Å²) in [7, 11) is 0. The molecule has 1 unspecified atom stereocenters. The van der Waals surface area contributed by atoms with Crippen LogP contribution in [0, 0.1) is 52.4 Å². The van der Waals surface area contributed by atoms with Crippen LogP contribution in [0.15, 0.2) is 14.7 Å². The number of hydrogen-bond acceptors (Lipinski definition) is 4. The van der Waals surface area contributed by atoms with E-state index in [9.17, 15) is 44.3 Å². The number of carbonyl (C=O) groups excluding carboxylic acids is 1. The summed E-state index contributed by atoms with van der Waals surface area (Å²) in [5, 5.41) is 2.75. The van der Waals surface area contributed by atoms with Crippen molar-refractivity contribution in [1.29, 1.82) is 0 Å². The third-order valence-corrected chi connectivity index (χ3v) is 6.41. The Kier molecular flexibility index (Phi) is 8.94. The van der Waals surface area contributed by atoms with Gasteiger partial charge in [0.05, 0.1) is 20.7 Å². The van der Waals surface area contributed by atoms with Gasteiger partial charge < -0.3 is 5.32 Å². The van der Waals surface area contributed by atoms with E-state index in [0.717, 1.165) is 0 Å². The van der Waals surface area contributed by atoms with Gasteiger partial charge in [0, 0.05) is 12.2 Å². The Morgan fingerprint density at radius 2 is 1.06 bits per heavy atom. The highest BCUT2D eigenvalue weighted by Crippen LogP contribution is 2.41. The normalized spacial score (nSPS) is 12.3. The topological polar surface area (TPSA) is 29.1 Å². The fourth-order valence-electron chi connectivity index (χ4n) is 2.51. The smallest absolute Gasteiger partial charge is 0.200 e. The highest BCUT2D eigenvalue weighted by atomic mass is 32.2. The van der Waals surface area contributed by atoms with Crippen molar-refractivity contribution < 1.29 is 44.3 Å². The first-order chi connectivity index (χ1) is 15.0. The molecular weight excluding hydrogens is 493 g/mol. The molecule has 176 valence electrons. The molecule has 1 N–H and O–H groups in total. The summed E-state index contributed by atoms with van der Waals surface area (Å²) in [5.74, 6) is -20.8. The van der Waals surface area contributed by atoms with Gasteiger partial charge in [-0.2, -0.15) is 0 Å². The maximum absolute atomic E-state index is 14.4. The second kappa shape index (κ2) is 10.8. The second-order valence-corrected chi connectivity index (χ2v) is 8.21. The number of hydrogen-bond donors (Lipinski definition) is 1. The van der Waals surface area contributed by atoms with E-state index < -0.39 is 84.8 Å². The number of benzene rings is 2. The minimum atomic E-state index is -2.51. The molecule has 0 aromatic heterocycles. The summed E-state index contributed by atoms with van der Waals surface area (Å²) >= 11 is -0.412. The van der Waals surface area contributed by atoms with Crippen LogP contribution in [0.25, 0.3) is 0 Å². The number of nitrogens with one attached hydrogen (secondary N) is 1. The predicted octanol–water partition coefficient (Wildman–Crippen LogP) is 6.14. The van der Waals surface area contributed by atoms with E-state index in [-0.39, 0.29) is 29.7 Å². The van der Waals surface area contributed by atoms with Gasteiger partial charge in [-0.15, -0.1) is 11.8 Å². The lowest BCUT2D eigenvalue weighted by molar-refractivity contribution is -0.120. The highest BCUT2D eigenvalue weighted by Gasteiger charge is 2.32. The minimum absolute atomic E-state index is 0.0867. The van der Waals surface area contributed by atoms with Crippen LogP contribution in [-0.2, 0) is 4.79 Å². The Hall–Kier alpha value is -1.86. The number of likely N-dealkylation sites (N-methyl/N-ethyl adjacent to an activating group) is 1. The van der Waals surface area contributed by atoms with E-state index in [4.69, 9.17) is 0 Å². The molecule has 0 saturated carbocycles. The quantitative estimate of drug-likeness (QED) is 0.191. The monoisotopic (exact) mass is 507 g/mol. The predicted molar refractivity (Wildman–Crippen MR) is 100 cm³/mol. The van der Waals surface area contributed by atoms with Gasteiger partial charge in [0.1, 0.15) is 5.78 Å². The first-order valence-electron chi connectivity index (χ1n) is 8.91. The van der Waals surface area contributed by atoms with Crippen molar-refractivity contribution in [3.05, 3.63) is 52.4 Å². The van der Waals surface area contributed by atoms with Crippen molar-refractivity contribution >= 4 is 29.3 Å². The fourth-order valence-corrected chi connectivity index (χ4v) is 4.50. The molecule has 0 spiro atoms. The van der Waals surface area contributed by atoms with Gasteiger partial charge in [0.25, 0.3) is 0 Å². The number of Topliss-reactive ketones (excluding diaryl/α,β-unsaturated/α-hetero) is 1. The van der Waals surface area contributed by atoms with E-state index in [0.29, 0.717) is 6.54 Å². The third-order valence-electron chi connectivity index (χ3n) is 4.14. The molecule has 2 rings (SSSR count). The van der Waals surface area contributed by atoms with Gasteiger partial charge in [-0.25, -0.2) is 39.5 Å². The third kappa shape index (κ3) is 5.04. The van der Waals surface area contributed by atoms with Crippen molar-refractivity contribution in [2.45, 2.75) is 41.0 Å². The molecule has 13 heteroatoms. The Labute approximate surface area is 184 Å². The Bertz CT molecular complexity index is 990. The fraction of sp³-hybridized carbons (Fsp3) is 0.316. The van der Waals surface area contributed by atoms with Crippen molar-refractivity contribution in [3.8, 4) is 0 Å². The maximum atomic E-state index is 14.4. The standard InChI is InChI=1S/C19H14F9NOS2/c1-3-7(30)6(29-4-2)5-31-17-13(25)15(27)19(16(28)14(17)26)32-18-11(23)9(21)8(20)10(22)12(18)24/h6,29H,3-5H2,1-2H3. The van der Waals surface area contributed by atoms with Crippen LogP contribution >= 0.6 is 23.5 Å². The molecule has 0 aliphatic heterocycles. The Morgan fingerprint density at radius 1 is 0.688 bits per heavy atom. The van der Waals surface area contributed by atoms with Crippen molar-refractivity contribution in [2.75, 3.05) is 12.3 Å². The zero-order valence-corrected chi connectivity index (χ0v) is 18.0. The maximum Gasteiger partial charge on any atom is 0.200 e. The molecule has 0 bridgehead atoms. The van der Waals surface area contributed by atoms with Crippen LogP contribution in [0.3, 0.4) is 0 Å². The molecule has 0 radical (unpaired) electrons. The van der Waals surface area contributed by atoms with Crippen LogP contribution < -0.4 is 5.32 Å². The Morgan fingerprint density at radius 3 is 1.47 bits per heavy atom. The largest absolute Gasteiger partial charge is 0.307 e. The first kappa shape index (κ1) is 26.4. The van der Waals surface area contributed by atoms with E-state index in [1.165, 1.54) is 0 Å². The summed E-state index contributed by atoms with van der Waals surface area (Å²) in [6.07, 6.45) is 0.0867. The summed E-state index contributed by atoms with van der Waals surface area (Å²) < 4.78 is 125. The number of rotatable bonds is 9. The molecule has 0 heterocycles. The lowest BCUT2D eigenvalue weighted by Gasteiger charge is -2.17. The van der Waals surface area contributed by atoms with Crippen LogP contribution in [0.4, 0.5) is 39.5 Å². The minimum Gasteiger partial charge on any atom is -0.307 e. The lowest BCUT2D eigenvalue weighted by atomic mass is 10.2. The SMILES string of the molecule is CCNC(CSc1c(F)c(F)c(Sc2c(F)c(F)c(F)c(F)c2F)c(F)c1F)C(=O)CC. The number of ketones is 1. The van der Waals surface area contributed by atoms with Gasteiger partial charge in [-0.3, -0.25) is 4.79 Å². The van der Waals surface area contributed by atoms with E-state index in [2.05, 4.69) is 5.32 Å². The molecule has 0 saturated heterocycles. The van der Waals surface area contributed by atoms with Gasteiger partial charge >= 0.3 is 0 Å². The van der Waals surface area contributed by atoms with E-state index in [1.807, 2.05) is 0 Å². The van der Waals surface area contributed by atoms with Crippen LogP contribution in [0.2, 0.25) is 0 Å². The number of thioether (sulfide) groups is 1. The molecule has 0 aliphatic rings. The van der Waals surface area contributed by atoms with Gasteiger partial charge in [-0.1, -0.05) is 25.6 Å². The summed E-state index contributed by atoms with van der Waals surface area (Å²) in [6, 6.07) is -0.873. The average molecular weight is 507 g/mol. The average Bonchev–Trinajstić information content (AvgIpc) is 2.78. The lowest BCUT2D eigenvalue weighted by Crippen LogP contribution is -2.38. The van der Waals surface area contributed by atoms with E-state index in [1.54, 1.807) is 13.8 Å². The van der Waals surface area contributed by atoms with Crippen molar-refractivity contribution in [1.82, 2.24) is 5.32 Å². The summed E-state index contributed by atoms with van der Waals surface area (Å²) in [4.78, 5) is 7.33. The summed E-state index contributed by atoms with van der Waals surface area (Å²) in [6.45, 7) is 3.53. The first-order valence-corrected chi connectivity index (χ1v) is 10.7. The molecule has 1 atom stereocenters. The van der Waals surface area contributed by atoms with Crippen LogP contribution in [-0.4, -0.2) is 24.1 Å². The molecule has 2 aromatic rings. The zero-order chi connectivity index (χ0) is 24.3. The van der Waals surface area contributed by atoms with Crippen LogP contribution in [0.1, 0.15) is 20.3 Å². The molecule has 2 nitrogen and oxygen atoms in total.